The number of nitrogens with two attached hydrogens (primary N) is 1. The quantitative estimate of drug-likeness (QED) is 0.316. The molecule has 2 aliphatic rings. The molecule has 3 N–H and O–H groups in total. The number of hydrazine groups is 1. The third-order valence-corrected chi connectivity index (χ3v) is 3.86. The van der Waals surface area contributed by atoms with Gasteiger partial charge in [0.15, 0.2) is 0 Å². The normalized spacial score (nSPS) is 29.0. The van der Waals surface area contributed by atoms with Gasteiger partial charge in [0.2, 0.25) is 5.91 Å². The van der Waals surface area contributed by atoms with Gasteiger partial charge < -0.3 is 4.74 Å². The van der Waals surface area contributed by atoms with Gasteiger partial charge in [-0.2, -0.15) is 0 Å². The van der Waals surface area contributed by atoms with Crippen molar-refractivity contribution in [3.8, 4) is 0 Å². The van der Waals surface area contributed by atoms with E-state index >= 15 is 0 Å². The summed E-state index contributed by atoms with van der Waals surface area (Å²) < 4.78 is 5.77. The molecule has 2 unspecified atom stereocenters. The van der Waals surface area contributed by atoms with Gasteiger partial charge >= 0.3 is 0 Å². The maximum absolute atomic E-state index is 11.0. The molecule has 1 saturated carbocycles. The van der Waals surface area contributed by atoms with Crippen LogP contribution >= 0.6 is 0 Å². The van der Waals surface area contributed by atoms with Gasteiger partial charge in [-0.15, -0.1) is 0 Å². The van der Waals surface area contributed by atoms with Gasteiger partial charge in [-0.25, -0.2) is 5.84 Å². The fraction of sp³-hybridized carbons (Fsp3) is 0.917. The van der Waals surface area contributed by atoms with Crippen molar-refractivity contribution >= 4 is 5.91 Å². The Hall–Kier alpha value is -0.650. The van der Waals surface area contributed by atoms with Crippen molar-refractivity contribution in [1.82, 2.24) is 10.3 Å². The molecule has 5 heteroatoms. The Kier molecular flexibility index (Phi) is 4.76. The monoisotopic (exact) mass is 241 g/mol. The van der Waals surface area contributed by atoms with E-state index in [0.29, 0.717) is 18.6 Å². The van der Waals surface area contributed by atoms with Crippen molar-refractivity contribution in [3.05, 3.63) is 0 Å². The molecule has 1 saturated heterocycles. The number of nitrogens with zero attached hydrogens (tertiary/aromatic N) is 1. The Bertz CT molecular complexity index is 260. The number of amides is 1. The summed E-state index contributed by atoms with van der Waals surface area (Å²) in [4.78, 5) is 13.5. The summed E-state index contributed by atoms with van der Waals surface area (Å²) in [6.07, 6.45) is 6.77. The van der Waals surface area contributed by atoms with E-state index in [4.69, 9.17) is 10.6 Å². The van der Waals surface area contributed by atoms with Crippen LogP contribution in [0.5, 0.6) is 0 Å². The molecule has 17 heavy (non-hydrogen) atoms. The van der Waals surface area contributed by atoms with Gasteiger partial charge in [-0.3, -0.25) is 15.1 Å². The van der Waals surface area contributed by atoms with Crippen LogP contribution < -0.4 is 11.3 Å². The summed E-state index contributed by atoms with van der Waals surface area (Å²) in [5.74, 6) is 4.98. The second-order valence-corrected chi connectivity index (χ2v) is 4.97. The van der Waals surface area contributed by atoms with Crippen LogP contribution in [0.1, 0.15) is 38.5 Å². The number of nitrogens with one attached hydrogen (secondary N) is 1. The summed E-state index contributed by atoms with van der Waals surface area (Å²) in [5, 5.41) is 0. The van der Waals surface area contributed by atoms with Crippen LogP contribution in [0, 0.1) is 0 Å². The predicted octanol–water partition coefficient (Wildman–Crippen LogP) is 0.400. The molecule has 2 fully saturated rings. The van der Waals surface area contributed by atoms with E-state index in [2.05, 4.69) is 10.3 Å². The third-order valence-electron chi connectivity index (χ3n) is 3.86. The van der Waals surface area contributed by atoms with Gasteiger partial charge in [-0.05, 0) is 38.6 Å². The fourth-order valence-corrected chi connectivity index (χ4v) is 2.96. The van der Waals surface area contributed by atoms with Crippen molar-refractivity contribution in [2.24, 2.45) is 5.84 Å². The smallest absolute Gasteiger partial charge is 0.233 e. The fourth-order valence-electron chi connectivity index (χ4n) is 2.96. The molecule has 98 valence electrons. The van der Waals surface area contributed by atoms with Crippen molar-refractivity contribution in [2.75, 3.05) is 19.7 Å². The van der Waals surface area contributed by atoms with Gasteiger partial charge in [0.1, 0.15) is 0 Å². The lowest BCUT2D eigenvalue weighted by atomic mass is 10.1. The highest BCUT2D eigenvalue weighted by Crippen LogP contribution is 2.29. The molecule has 0 radical (unpaired) electrons. The van der Waals surface area contributed by atoms with E-state index in [1.54, 1.807) is 0 Å². The van der Waals surface area contributed by atoms with Gasteiger partial charge in [-0.1, -0.05) is 0 Å². The number of rotatable bonds is 5. The molecule has 0 aromatic heterocycles. The zero-order chi connectivity index (χ0) is 12.1. The Morgan fingerprint density at radius 2 is 2.29 bits per heavy atom. The SMILES string of the molecule is NNC(=O)CCCCN1CCOC2CCCC21. The molecule has 1 aliphatic heterocycles. The van der Waals surface area contributed by atoms with E-state index in [0.717, 1.165) is 32.5 Å². The van der Waals surface area contributed by atoms with Crippen LogP contribution in [-0.4, -0.2) is 42.6 Å². The minimum absolute atomic E-state index is 0.0641. The van der Waals surface area contributed by atoms with Gasteiger partial charge in [0.25, 0.3) is 0 Å². The van der Waals surface area contributed by atoms with Crippen LogP contribution in [0.25, 0.3) is 0 Å². The summed E-state index contributed by atoms with van der Waals surface area (Å²) in [5.41, 5.74) is 2.17. The van der Waals surface area contributed by atoms with Crippen molar-refractivity contribution in [3.63, 3.8) is 0 Å². The third kappa shape index (κ3) is 3.40. The number of ether oxygens (including phenoxy) is 1. The summed E-state index contributed by atoms with van der Waals surface area (Å²) in [7, 11) is 0. The van der Waals surface area contributed by atoms with Crippen molar-refractivity contribution in [2.45, 2.75) is 50.7 Å². The molecule has 2 rings (SSSR count). The van der Waals surface area contributed by atoms with Crippen LogP contribution in [-0.2, 0) is 9.53 Å². The highest BCUT2D eigenvalue weighted by Gasteiger charge is 2.35. The average Bonchev–Trinajstić information content (AvgIpc) is 2.83. The van der Waals surface area contributed by atoms with Crippen molar-refractivity contribution in [1.29, 1.82) is 0 Å². The number of morpholine rings is 1. The Balaban J connectivity index is 1.66. The summed E-state index contributed by atoms with van der Waals surface area (Å²) in [6.45, 7) is 3.00. The van der Waals surface area contributed by atoms with E-state index < -0.39 is 0 Å². The van der Waals surface area contributed by atoms with Gasteiger partial charge in [0, 0.05) is 19.0 Å². The van der Waals surface area contributed by atoms with Crippen LogP contribution in [0.15, 0.2) is 0 Å². The minimum Gasteiger partial charge on any atom is -0.375 e. The maximum atomic E-state index is 11.0. The number of hydrogen-bond donors (Lipinski definition) is 2. The Morgan fingerprint density at radius 1 is 1.41 bits per heavy atom. The van der Waals surface area contributed by atoms with Crippen molar-refractivity contribution < 1.29 is 9.53 Å². The standard InChI is InChI=1S/C12H23N3O2/c13-14-12(16)6-1-2-7-15-8-9-17-11-5-3-4-10(11)15/h10-11H,1-9,13H2,(H,14,16). The van der Waals surface area contributed by atoms with Gasteiger partial charge in [0.05, 0.1) is 12.7 Å². The highest BCUT2D eigenvalue weighted by molar-refractivity contribution is 5.75. The number of carbonyl (C=O) groups excluding carboxylic acids is 1. The number of hydrogen-bond acceptors (Lipinski definition) is 4. The number of unbranched alkanes of at least 4 members (excludes halogenated alkanes) is 1. The second-order valence-electron chi connectivity index (χ2n) is 4.97. The minimum atomic E-state index is -0.0641. The first kappa shape index (κ1) is 12.8. The first-order valence-corrected chi connectivity index (χ1v) is 6.66. The molecular weight excluding hydrogens is 218 g/mol. The van der Waals surface area contributed by atoms with Crippen LogP contribution in [0.4, 0.5) is 0 Å². The molecule has 1 heterocycles. The Morgan fingerprint density at radius 3 is 3.12 bits per heavy atom. The first-order valence-electron chi connectivity index (χ1n) is 6.66. The molecule has 1 aliphatic carbocycles. The largest absolute Gasteiger partial charge is 0.375 e. The predicted molar refractivity (Wildman–Crippen MR) is 65.1 cm³/mol. The Labute approximate surface area is 103 Å². The topological polar surface area (TPSA) is 67.6 Å². The lowest BCUT2D eigenvalue weighted by molar-refractivity contribution is -0.121. The summed E-state index contributed by atoms with van der Waals surface area (Å²) in [6, 6.07) is 0.632. The molecular formula is C12H23N3O2. The molecule has 2 atom stereocenters. The molecule has 0 spiro atoms. The zero-order valence-corrected chi connectivity index (χ0v) is 10.4. The molecule has 0 bridgehead atoms. The van der Waals surface area contributed by atoms with E-state index in [1.165, 1.54) is 19.3 Å². The van der Waals surface area contributed by atoms with Crippen LogP contribution in [0.2, 0.25) is 0 Å². The lowest BCUT2D eigenvalue weighted by Crippen LogP contribution is -2.48. The highest BCUT2D eigenvalue weighted by atomic mass is 16.5. The molecule has 5 nitrogen and oxygen atoms in total. The maximum Gasteiger partial charge on any atom is 0.233 e. The zero-order valence-electron chi connectivity index (χ0n) is 10.4. The average molecular weight is 241 g/mol. The second kappa shape index (κ2) is 6.33. The molecule has 0 aromatic carbocycles. The first-order chi connectivity index (χ1) is 8.31. The van der Waals surface area contributed by atoms with E-state index in [-0.39, 0.29) is 5.91 Å². The van der Waals surface area contributed by atoms with E-state index in [9.17, 15) is 4.79 Å². The lowest BCUT2D eigenvalue weighted by Gasteiger charge is -2.37. The van der Waals surface area contributed by atoms with Crippen LogP contribution in [0.3, 0.4) is 0 Å². The van der Waals surface area contributed by atoms with E-state index in [1.807, 2.05) is 0 Å². The summed E-state index contributed by atoms with van der Waals surface area (Å²) >= 11 is 0. The molecule has 1 amide bonds. The number of carbonyl (C=O) groups is 1. The number of fused-ring (bicyclic) bond motifs is 1. The molecule has 0 aromatic rings.